The number of ether oxygens (including phenoxy) is 1. The molecule has 1 fully saturated rings. The summed E-state index contributed by atoms with van der Waals surface area (Å²) >= 11 is 0. The molecule has 2 aromatic carbocycles. The Bertz CT molecular complexity index is 559. The highest BCUT2D eigenvalue weighted by Gasteiger charge is 2.35. The SMILES string of the molecule is COc1cccc(NC2(c3ccccc3)CCCC2)c1. The van der Waals surface area contributed by atoms with Gasteiger partial charge in [0, 0.05) is 11.8 Å². The van der Waals surface area contributed by atoms with Crippen LogP contribution >= 0.6 is 0 Å². The summed E-state index contributed by atoms with van der Waals surface area (Å²) in [6.07, 6.45) is 4.94. The molecule has 0 saturated heterocycles. The van der Waals surface area contributed by atoms with Crippen molar-refractivity contribution in [3.63, 3.8) is 0 Å². The molecule has 0 spiro atoms. The summed E-state index contributed by atoms with van der Waals surface area (Å²) in [5.41, 5.74) is 2.60. The van der Waals surface area contributed by atoms with E-state index in [1.165, 1.54) is 31.2 Å². The van der Waals surface area contributed by atoms with Gasteiger partial charge in [-0.05, 0) is 30.5 Å². The summed E-state index contributed by atoms with van der Waals surface area (Å²) in [6, 6.07) is 19.0. The van der Waals surface area contributed by atoms with E-state index in [1.54, 1.807) is 7.11 Å². The maximum atomic E-state index is 5.32. The molecule has 1 saturated carbocycles. The molecule has 2 nitrogen and oxygen atoms in total. The predicted octanol–water partition coefficient (Wildman–Crippen LogP) is 4.58. The molecule has 0 unspecified atom stereocenters. The molecular weight excluding hydrogens is 246 g/mol. The summed E-state index contributed by atoms with van der Waals surface area (Å²) in [5, 5.41) is 3.77. The number of benzene rings is 2. The third-order valence-corrected chi connectivity index (χ3v) is 4.24. The number of anilines is 1. The lowest BCUT2D eigenvalue weighted by Gasteiger charge is -2.32. The van der Waals surface area contributed by atoms with Crippen LogP contribution in [0.1, 0.15) is 31.2 Å². The van der Waals surface area contributed by atoms with Crippen molar-refractivity contribution in [2.24, 2.45) is 0 Å². The fourth-order valence-electron chi connectivity index (χ4n) is 3.20. The van der Waals surface area contributed by atoms with Crippen LogP contribution < -0.4 is 10.1 Å². The number of nitrogens with one attached hydrogen (secondary N) is 1. The average molecular weight is 267 g/mol. The minimum Gasteiger partial charge on any atom is -0.497 e. The Balaban J connectivity index is 1.91. The largest absolute Gasteiger partial charge is 0.497 e. The van der Waals surface area contributed by atoms with Crippen molar-refractivity contribution in [3.8, 4) is 5.75 Å². The van der Waals surface area contributed by atoms with Crippen molar-refractivity contribution in [1.82, 2.24) is 0 Å². The molecule has 20 heavy (non-hydrogen) atoms. The summed E-state index contributed by atoms with van der Waals surface area (Å²) < 4.78 is 5.32. The quantitative estimate of drug-likeness (QED) is 0.875. The van der Waals surface area contributed by atoms with Gasteiger partial charge in [-0.2, -0.15) is 0 Å². The highest BCUT2D eigenvalue weighted by Crippen LogP contribution is 2.41. The Kier molecular flexibility index (Phi) is 3.64. The number of hydrogen-bond acceptors (Lipinski definition) is 2. The molecule has 0 bridgehead atoms. The summed E-state index contributed by atoms with van der Waals surface area (Å²) in [5.74, 6) is 0.899. The molecule has 0 radical (unpaired) electrons. The van der Waals surface area contributed by atoms with Crippen molar-refractivity contribution in [3.05, 3.63) is 60.2 Å². The van der Waals surface area contributed by atoms with Crippen LogP contribution in [-0.4, -0.2) is 7.11 Å². The van der Waals surface area contributed by atoms with Gasteiger partial charge in [0.2, 0.25) is 0 Å². The van der Waals surface area contributed by atoms with E-state index in [9.17, 15) is 0 Å². The number of rotatable bonds is 4. The zero-order valence-electron chi connectivity index (χ0n) is 11.9. The molecule has 1 aliphatic carbocycles. The van der Waals surface area contributed by atoms with Gasteiger partial charge < -0.3 is 10.1 Å². The van der Waals surface area contributed by atoms with Gasteiger partial charge in [-0.3, -0.25) is 0 Å². The van der Waals surface area contributed by atoms with E-state index in [4.69, 9.17) is 4.74 Å². The van der Waals surface area contributed by atoms with Crippen LogP contribution in [0.2, 0.25) is 0 Å². The number of methoxy groups -OCH3 is 1. The normalized spacial score (nSPS) is 16.9. The summed E-state index contributed by atoms with van der Waals surface area (Å²) in [6.45, 7) is 0. The molecule has 3 rings (SSSR count). The van der Waals surface area contributed by atoms with E-state index in [0.29, 0.717) is 0 Å². The van der Waals surface area contributed by atoms with Crippen LogP contribution in [0.3, 0.4) is 0 Å². The lowest BCUT2D eigenvalue weighted by molar-refractivity contribution is 0.414. The first kappa shape index (κ1) is 13.0. The number of hydrogen-bond donors (Lipinski definition) is 1. The zero-order chi connectivity index (χ0) is 13.8. The Labute approximate surface area is 120 Å². The van der Waals surface area contributed by atoms with Crippen molar-refractivity contribution in [2.45, 2.75) is 31.2 Å². The highest BCUT2D eigenvalue weighted by molar-refractivity contribution is 5.52. The molecule has 1 N–H and O–H groups in total. The van der Waals surface area contributed by atoms with Crippen molar-refractivity contribution in [1.29, 1.82) is 0 Å². The fraction of sp³-hybridized carbons (Fsp3) is 0.333. The van der Waals surface area contributed by atoms with Gasteiger partial charge in [-0.15, -0.1) is 0 Å². The first-order valence-corrected chi connectivity index (χ1v) is 7.30. The lowest BCUT2D eigenvalue weighted by Crippen LogP contribution is -2.32. The van der Waals surface area contributed by atoms with Crippen LogP contribution in [0.4, 0.5) is 5.69 Å². The Hall–Kier alpha value is -1.96. The molecule has 0 aromatic heterocycles. The molecule has 0 heterocycles. The second kappa shape index (κ2) is 5.58. The molecule has 2 heteroatoms. The average Bonchev–Trinajstić information content (AvgIpc) is 2.98. The van der Waals surface area contributed by atoms with E-state index in [-0.39, 0.29) is 5.54 Å². The smallest absolute Gasteiger partial charge is 0.120 e. The predicted molar refractivity (Wildman–Crippen MR) is 83.2 cm³/mol. The van der Waals surface area contributed by atoms with Gasteiger partial charge in [0.15, 0.2) is 0 Å². The molecular formula is C18H21NO. The molecule has 0 amide bonds. The van der Waals surface area contributed by atoms with Crippen LogP contribution in [0.5, 0.6) is 5.75 Å². The van der Waals surface area contributed by atoms with Gasteiger partial charge in [-0.25, -0.2) is 0 Å². The van der Waals surface area contributed by atoms with E-state index in [2.05, 4.69) is 47.8 Å². The molecule has 0 aliphatic heterocycles. The van der Waals surface area contributed by atoms with Crippen molar-refractivity contribution >= 4 is 5.69 Å². The van der Waals surface area contributed by atoms with Gasteiger partial charge in [-0.1, -0.05) is 49.2 Å². The van der Waals surface area contributed by atoms with Crippen LogP contribution in [0, 0.1) is 0 Å². The Morgan fingerprint density at radius 2 is 1.70 bits per heavy atom. The third-order valence-electron chi connectivity index (χ3n) is 4.24. The zero-order valence-corrected chi connectivity index (χ0v) is 11.9. The van der Waals surface area contributed by atoms with Crippen LogP contribution in [-0.2, 0) is 5.54 Å². The van der Waals surface area contributed by atoms with Crippen molar-refractivity contribution < 1.29 is 4.74 Å². The minimum atomic E-state index is 0.0770. The van der Waals surface area contributed by atoms with E-state index >= 15 is 0 Å². The first-order valence-electron chi connectivity index (χ1n) is 7.30. The molecule has 0 atom stereocenters. The van der Waals surface area contributed by atoms with E-state index in [1.807, 2.05) is 12.1 Å². The monoisotopic (exact) mass is 267 g/mol. The fourth-order valence-corrected chi connectivity index (χ4v) is 3.20. The van der Waals surface area contributed by atoms with E-state index in [0.717, 1.165) is 11.4 Å². The molecule has 1 aliphatic rings. The first-order chi connectivity index (χ1) is 9.82. The summed E-state index contributed by atoms with van der Waals surface area (Å²) in [4.78, 5) is 0. The van der Waals surface area contributed by atoms with Gasteiger partial charge >= 0.3 is 0 Å². The minimum absolute atomic E-state index is 0.0770. The second-order valence-corrected chi connectivity index (χ2v) is 5.51. The maximum Gasteiger partial charge on any atom is 0.120 e. The van der Waals surface area contributed by atoms with Crippen LogP contribution in [0.25, 0.3) is 0 Å². The topological polar surface area (TPSA) is 21.3 Å². The molecule has 2 aromatic rings. The van der Waals surface area contributed by atoms with Gasteiger partial charge in [0.05, 0.1) is 12.6 Å². The standard InChI is InChI=1S/C18H21NO/c1-20-17-11-7-10-16(14-17)19-18(12-5-6-13-18)15-8-3-2-4-9-15/h2-4,7-11,14,19H,5-6,12-13H2,1H3. The summed E-state index contributed by atoms with van der Waals surface area (Å²) in [7, 11) is 1.71. The van der Waals surface area contributed by atoms with Crippen molar-refractivity contribution in [2.75, 3.05) is 12.4 Å². The highest BCUT2D eigenvalue weighted by atomic mass is 16.5. The molecule has 104 valence electrons. The van der Waals surface area contributed by atoms with E-state index < -0.39 is 0 Å². The lowest BCUT2D eigenvalue weighted by atomic mass is 9.88. The second-order valence-electron chi connectivity index (χ2n) is 5.51. The van der Waals surface area contributed by atoms with Gasteiger partial charge in [0.25, 0.3) is 0 Å². The van der Waals surface area contributed by atoms with Crippen LogP contribution in [0.15, 0.2) is 54.6 Å². The third kappa shape index (κ3) is 2.51. The maximum absolute atomic E-state index is 5.32. The van der Waals surface area contributed by atoms with Gasteiger partial charge in [0.1, 0.15) is 5.75 Å². The Morgan fingerprint density at radius 3 is 2.40 bits per heavy atom. The Morgan fingerprint density at radius 1 is 0.950 bits per heavy atom.